The molecule has 8 heteroatoms. The molecule has 1 N–H and O–H groups in total. The molecule has 4 aromatic rings. The summed E-state index contributed by atoms with van der Waals surface area (Å²) in [6, 6.07) is 16.0. The van der Waals surface area contributed by atoms with Crippen molar-refractivity contribution >= 4 is 45.0 Å². The Morgan fingerprint density at radius 1 is 1.26 bits per heavy atom. The largest absolute Gasteiger partial charge is 0.490 e. The van der Waals surface area contributed by atoms with Gasteiger partial charge in [0.2, 0.25) is 11.0 Å². The van der Waals surface area contributed by atoms with E-state index in [1.54, 1.807) is 33.9 Å². The first-order chi connectivity index (χ1) is 15.1. The molecule has 2 aromatic heterocycles. The highest BCUT2D eigenvalue weighted by Gasteiger charge is 2.31. The predicted molar refractivity (Wildman–Crippen MR) is 127 cm³/mol. The molecule has 0 radical (unpaired) electrons. The summed E-state index contributed by atoms with van der Waals surface area (Å²) in [6.45, 7) is 6.13. The third-order valence-corrected chi connectivity index (χ3v) is 7.30. The maximum Gasteiger partial charge on any atom is 0.235 e. The van der Waals surface area contributed by atoms with Crippen LogP contribution >= 0.6 is 23.1 Å². The van der Waals surface area contributed by atoms with E-state index in [0.29, 0.717) is 18.2 Å². The minimum Gasteiger partial charge on any atom is -0.490 e. The van der Waals surface area contributed by atoms with Gasteiger partial charge in [0.05, 0.1) is 26.9 Å². The van der Waals surface area contributed by atoms with Gasteiger partial charge in [-0.2, -0.15) is 9.78 Å². The number of anilines is 1. The topological polar surface area (TPSA) is 69.0 Å². The summed E-state index contributed by atoms with van der Waals surface area (Å²) in [5.41, 5.74) is 3.90. The van der Waals surface area contributed by atoms with E-state index in [1.165, 1.54) is 0 Å². The molecule has 0 saturated heterocycles. The van der Waals surface area contributed by atoms with Crippen LogP contribution in [-0.4, -0.2) is 33.0 Å². The fraction of sp³-hybridized carbons (Fsp3) is 0.174. The Kier molecular flexibility index (Phi) is 5.25. The summed E-state index contributed by atoms with van der Waals surface area (Å²) in [4.78, 5) is 17.3. The SMILES string of the molecule is C=CCOc1ccc([C@@H]2SCC(=O)Nc3c2c(C)nn3-c2nc3ccccc3s2)cc1. The Labute approximate surface area is 188 Å². The first kappa shape index (κ1) is 19.8. The number of thioether (sulfide) groups is 1. The summed E-state index contributed by atoms with van der Waals surface area (Å²) >= 11 is 3.16. The van der Waals surface area contributed by atoms with Gasteiger partial charge in [0.15, 0.2) is 0 Å². The molecule has 0 saturated carbocycles. The molecule has 1 atom stereocenters. The number of fused-ring (bicyclic) bond motifs is 2. The predicted octanol–water partition coefficient (Wildman–Crippen LogP) is 5.13. The zero-order valence-electron chi connectivity index (χ0n) is 16.9. The van der Waals surface area contributed by atoms with Crippen molar-refractivity contribution in [1.82, 2.24) is 14.8 Å². The van der Waals surface area contributed by atoms with Gasteiger partial charge in [0.1, 0.15) is 18.2 Å². The number of rotatable bonds is 5. The van der Waals surface area contributed by atoms with Crippen LogP contribution in [-0.2, 0) is 4.79 Å². The third kappa shape index (κ3) is 3.73. The molecule has 5 rings (SSSR count). The van der Waals surface area contributed by atoms with Crippen LogP contribution < -0.4 is 10.1 Å². The van der Waals surface area contributed by atoms with Gasteiger partial charge < -0.3 is 10.1 Å². The van der Waals surface area contributed by atoms with Gasteiger partial charge in [-0.15, -0.1) is 11.8 Å². The van der Waals surface area contributed by atoms with E-state index in [1.807, 2.05) is 55.5 Å². The number of nitrogens with one attached hydrogen (secondary N) is 1. The second-order valence-electron chi connectivity index (χ2n) is 7.13. The number of carbonyl (C=O) groups is 1. The number of hydrogen-bond acceptors (Lipinski definition) is 6. The molecule has 0 spiro atoms. The van der Waals surface area contributed by atoms with Crippen molar-refractivity contribution in [2.75, 3.05) is 17.7 Å². The quantitative estimate of drug-likeness (QED) is 0.429. The van der Waals surface area contributed by atoms with E-state index in [9.17, 15) is 4.79 Å². The molecule has 6 nitrogen and oxygen atoms in total. The molecule has 0 unspecified atom stereocenters. The van der Waals surface area contributed by atoms with Crippen LogP contribution in [0.1, 0.15) is 22.1 Å². The second-order valence-corrected chi connectivity index (χ2v) is 9.23. The van der Waals surface area contributed by atoms with E-state index in [4.69, 9.17) is 14.8 Å². The lowest BCUT2D eigenvalue weighted by Crippen LogP contribution is -2.15. The van der Waals surface area contributed by atoms with E-state index < -0.39 is 0 Å². The number of amides is 1. The molecule has 0 aliphatic carbocycles. The zero-order chi connectivity index (χ0) is 21.4. The third-order valence-electron chi connectivity index (χ3n) is 5.02. The smallest absolute Gasteiger partial charge is 0.235 e. The number of aromatic nitrogens is 3. The Morgan fingerprint density at radius 3 is 2.84 bits per heavy atom. The minimum atomic E-state index is -0.0399. The first-order valence-corrected chi connectivity index (χ1v) is 11.7. The van der Waals surface area contributed by atoms with Crippen molar-refractivity contribution in [3.8, 4) is 10.9 Å². The lowest BCUT2D eigenvalue weighted by atomic mass is 10.0. The maximum atomic E-state index is 12.5. The van der Waals surface area contributed by atoms with Crippen LogP contribution in [0.2, 0.25) is 0 Å². The highest BCUT2D eigenvalue weighted by molar-refractivity contribution is 8.00. The maximum absolute atomic E-state index is 12.5. The van der Waals surface area contributed by atoms with Crippen LogP contribution in [0.3, 0.4) is 0 Å². The molecular weight excluding hydrogens is 428 g/mol. The second kappa shape index (κ2) is 8.20. The van der Waals surface area contributed by atoms with Gasteiger partial charge in [0.25, 0.3) is 0 Å². The molecule has 1 amide bonds. The molecule has 0 bridgehead atoms. The van der Waals surface area contributed by atoms with Crippen LogP contribution in [0.5, 0.6) is 5.75 Å². The summed E-state index contributed by atoms with van der Waals surface area (Å²) < 4.78 is 8.46. The highest BCUT2D eigenvalue weighted by atomic mass is 32.2. The van der Waals surface area contributed by atoms with E-state index in [2.05, 4.69) is 11.9 Å². The standard InChI is InChI=1S/C23H20N4O2S2/c1-3-12-29-16-10-8-15(9-11-16)21-20-14(2)26-27(22(20)25-19(28)13-30-21)23-24-17-6-4-5-7-18(17)31-23/h3-11,21H,1,12-13H2,2H3,(H,25,28)/t21-/m0/s1. The number of aryl methyl sites for hydroxylation is 1. The average Bonchev–Trinajstić information content (AvgIpc) is 3.29. The Hall–Kier alpha value is -3.10. The van der Waals surface area contributed by atoms with Crippen molar-refractivity contribution < 1.29 is 9.53 Å². The van der Waals surface area contributed by atoms with Crippen molar-refractivity contribution in [2.24, 2.45) is 0 Å². The monoisotopic (exact) mass is 448 g/mol. The van der Waals surface area contributed by atoms with Gasteiger partial charge >= 0.3 is 0 Å². The van der Waals surface area contributed by atoms with Gasteiger partial charge in [-0.1, -0.05) is 48.3 Å². The normalized spacial score (nSPS) is 15.9. The number of hydrogen-bond donors (Lipinski definition) is 1. The van der Waals surface area contributed by atoms with Crippen molar-refractivity contribution in [2.45, 2.75) is 12.2 Å². The van der Waals surface area contributed by atoms with Crippen LogP contribution in [0, 0.1) is 6.92 Å². The van der Waals surface area contributed by atoms with Gasteiger partial charge in [0, 0.05) is 5.56 Å². The molecule has 1 aliphatic rings. The van der Waals surface area contributed by atoms with Crippen molar-refractivity contribution in [3.05, 3.63) is 78.0 Å². The zero-order valence-corrected chi connectivity index (χ0v) is 18.5. The number of carbonyl (C=O) groups excluding carboxylic acids is 1. The molecular formula is C23H20N4O2S2. The Morgan fingerprint density at radius 2 is 2.06 bits per heavy atom. The number of nitrogens with zero attached hydrogens (tertiary/aromatic N) is 3. The number of ether oxygens (including phenoxy) is 1. The van der Waals surface area contributed by atoms with Crippen LogP contribution in [0.15, 0.2) is 61.2 Å². The van der Waals surface area contributed by atoms with Crippen molar-refractivity contribution in [3.63, 3.8) is 0 Å². The molecule has 156 valence electrons. The number of thiazole rings is 1. The van der Waals surface area contributed by atoms with Crippen LogP contribution in [0.4, 0.5) is 5.82 Å². The summed E-state index contributed by atoms with van der Waals surface area (Å²) in [5, 5.41) is 8.55. The van der Waals surface area contributed by atoms with Crippen molar-refractivity contribution in [1.29, 1.82) is 0 Å². The van der Waals surface area contributed by atoms with E-state index >= 15 is 0 Å². The fourth-order valence-corrected chi connectivity index (χ4v) is 5.74. The van der Waals surface area contributed by atoms with E-state index in [0.717, 1.165) is 37.9 Å². The van der Waals surface area contributed by atoms with Crippen LogP contribution in [0.25, 0.3) is 15.3 Å². The van der Waals surface area contributed by atoms with E-state index in [-0.39, 0.29) is 11.2 Å². The molecule has 0 fully saturated rings. The molecule has 1 aliphatic heterocycles. The number of benzene rings is 2. The van der Waals surface area contributed by atoms with Gasteiger partial charge in [-0.25, -0.2) is 4.98 Å². The summed E-state index contributed by atoms with van der Waals surface area (Å²) in [7, 11) is 0. The van der Waals surface area contributed by atoms with Gasteiger partial charge in [-0.05, 0) is 36.8 Å². The first-order valence-electron chi connectivity index (χ1n) is 9.84. The minimum absolute atomic E-state index is 0.0227. The number of para-hydroxylation sites is 1. The molecule has 31 heavy (non-hydrogen) atoms. The Balaban J connectivity index is 1.58. The summed E-state index contributed by atoms with van der Waals surface area (Å²) in [6.07, 6.45) is 1.72. The fourth-order valence-electron chi connectivity index (χ4n) is 3.63. The summed E-state index contributed by atoms with van der Waals surface area (Å²) in [5.74, 6) is 1.82. The lowest BCUT2D eigenvalue weighted by molar-refractivity contribution is -0.113. The molecule has 3 heterocycles. The molecule has 2 aromatic carbocycles. The lowest BCUT2D eigenvalue weighted by Gasteiger charge is -2.16. The van der Waals surface area contributed by atoms with Gasteiger partial charge in [-0.3, -0.25) is 4.79 Å². The average molecular weight is 449 g/mol. The Bertz CT molecular complexity index is 1240. The highest BCUT2D eigenvalue weighted by Crippen LogP contribution is 2.44.